The van der Waals surface area contributed by atoms with Crippen LogP contribution in [0.3, 0.4) is 0 Å². The monoisotopic (exact) mass is 371 g/mol. The molecule has 2 aromatic rings. The molecule has 0 radical (unpaired) electrons. The van der Waals surface area contributed by atoms with E-state index in [4.69, 9.17) is 4.74 Å². The summed E-state index contributed by atoms with van der Waals surface area (Å²) in [5.41, 5.74) is 2.27. The van der Waals surface area contributed by atoms with Gasteiger partial charge in [0, 0.05) is 24.3 Å². The van der Waals surface area contributed by atoms with Gasteiger partial charge < -0.3 is 20.1 Å². The Bertz CT molecular complexity index is 883. The van der Waals surface area contributed by atoms with Crippen molar-refractivity contribution in [2.45, 2.75) is 25.8 Å². The number of ether oxygens (including phenoxy) is 1. The molecule has 1 aliphatic heterocycles. The van der Waals surface area contributed by atoms with E-state index in [2.05, 4.69) is 10.3 Å². The Morgan fingerprint density at radius 3 is 2.96 bits per heavy atom. The molecule has 7 heteroatoms. The summed E-state index contributed by atoms with van der Waals surface area (Å²) < 4.78 is 20.1. The van der Waals surface area contributed by atoms with E-state index < -0.39 is 5.82 Å². The van der Waals surface area contributed by atoms with Crippen LogP contribution >= 0.6 is 0 Å². The van der Waals surface area contributed by atoms with Gasteiger partial charge in [0.05, 0.1) is 18.7 Å². The number of aryl methyl sites for hydroxylation is 1. The number of aliphatic hydroxyl groups is 1. The number of benzene rings is 1. The first-order chi connectivity index (χ1) is 13.1. The average molecular weight is 371 g/mol. The molecule has 1 amide bonds. The number of β-amino-alcohol motifs (C(OH)–C–C–N with tert-alkyl or cyclic N) is 1. The highest BCUT2D eigenvalue weighted by Crippen LogP contribution is 2.35. The number of carbonyl (C=O) groups is 1. The lowest BCUT2D eigenvalue weighted by molar-refractivity contribution is 0.0947. The van der Waals surface area contributed by atoms with Crippen molar-refractivity contribution in [2.75, 3.05) is 31.2 Å². The minimum atomic E-state index is -0.523. The van der Waals surface area contributed by atoms with E-state index in [1.807, 2.05) is 11.0 Å². The first-order valence-corrected chi connectivity index (χ1v) is 9.17. The van der Waals surface area contributed by atoms with Crippen molar-refractivity contribution in [3.8, 4) is 16.9 Å². The number of amides is 1. The maximum absolute atomic E-state index is 14.3. The number of halogens is 1. The molecule has 1 aromatic carbocycles. The molecule has 2 heterocycles. The van der Waals surface area contributed by atoms with E-state index >= 15 is 0 Å². The van der Waals surface area contributed by atoms with Crippen molar-refractivity contribution in [1.29, 1.82) is 0 Å². The lowest BCUT2D eigenvalue weighted by Crippen LogP contribution is -2.35. The quantitative estimate of drug-likeness (QED) is 0.844. The van der Waals surface area contributed by atoms with E-state index in [0.717, 1.165) is 29.5 Å². The molecule has 27 heavy (non-hydrogen) atoms. The summed E-state index contributed by atoms with van der Waals surface area (Å²) in [5, 5.41) is 12.0. The van der Waals surface area contributed by atoms with Gasteiger partial charge in [-0.3, -0.25) is 4.79 Å². The number of anilines is 1. The van der Waals surface area contributed by atoms with E-state index in [-0.39, 0.29) is 24.1 Å². The van der Waals surface area contributed by atoms with Crippen LogP contribution in [0.25, 0.3) is 11.1 Å². The van der Waals surface area contributed by atoms with Crippen LogP contribution in [-0.4, -0.2) is 48.3 Å². The standard InChI is InChI=1S/C20H22FN3O3/c1-12-8-17(21)16(20(26)23-14-2-3-14)10-15(12)13-9-18-19(22-11-13)24(4-6-25)5-7-27-18/h8-11,14,25H,2-7H2,1H3,(H,23,26). The molecule has 1 aliphatic carbocycles. The van der Waals surface area contributed by atoms with E-state index in [9.17, 15) is 14.3 Å². The molecule has 142 valence electrons. The van der Waals surface area contributed by atoms with Gasteiger partial charge in [0.25, 0.3) is 5.91 Å². The third-order valence-corrected chi connectivity index (χ3v) is 4.90. The fourth-order valence-corrected chi connectivity index (χ4v) is 3.29. The first kappa shape index (κ1) is 17.7. The number of rotatable bonds is 5. The molecule has 0 saturated heterocycles. The zero-order valence-electron chi connectivity index (χ0n) is 15.2. The summed E-state index contributed by atoms with van der Waals surface area (Å²) in [6, 6.07) is 4.99. The highest BCUT2D eigenvalue weighted by molar-refractivity contribution is 5.96. The minimum absolute atomic E-state index is 0.0411. The zero-order valence-corrected chi connectivity index (χ0v) is 15.2. The fourth-order valence-electron chi connectivity index (χ4n) is 3.29. The molecule has 0 unspecified atom stereocenters. The summed E-state index contributed by atoms with van der Waals surface area (Å²) >= 11 is 0. The van der Waals surface area contributed by atoms with Crippen molar-refractivity contribution in [3.05, 3.63) is 41.3 Å². The first-order valence-electron chi connectivity index (χ1n) is 9.17. The van der Waals surface area contributed by atoms with Crippen LogP contribution in [0.2, 0.25) is 0 Å². The fraction of sp³-hybridized carbons (Fsp3) is 0.400. The van der Waals surface area contributed by atoms with Crippen molar-refractivity contribution in [3.63, 3.8) is 0 Å². The Hall–Kier alpha value is -2.67. The molecule has 2 N–H and O–H groups in total. The number of pyridine rings is 1. The molecule has 0 atom stereocenters. The maximum Gasteiger partial charge on any atom is 0.254 e. The van der Waals surface area contributed by atoms with Gasteiger partial charge in [-0.1, -0.05) is 0 Å². The van der Waals surface area contributed by atoms with Crippen LogP contribution in [0.4, 0.5) is 10.2 Å². The summed E-state index contributed by atoms with van der Waals surface area (Å²) in [4.78, 5) is 18.8. The highest BCUT2D eigenvalue weighted by atomic mass is 19.1. The van der Waals surface area contributed by atoms with Crippen LogP contribution in [0.5, 0.6) is 5.75 Å². The summed E-state index contributed by atoms with van der Waals surface area (Å²) in [6.45, 7) is 3.51. The SMILES string of the molecule is Cc1cc(F)c(C(=O)NC2CC2)cc1-c1cnc2c(c1)OCCN2CCO. The number of fused-ring (bicyclic) bond motifs is 1. The number of hydrogen-bond donors (Lipinski definition) is 2. The van der Waals surface area contributed by atoms with Crippen molar-refractivity contribution < 1.29 is 19.0 Å². The molecule has 1 saturated carbocycles. The van der Waals surface area contributed by atoms with Gasteiger partial charge in [-0.15, -0.1) is 0 Å². The molecule has 2 aliphatic rings. The Balaban J connectivity index is 1.69. The molecule has 6 nitrogen and oxygen atoms in total. The summed E-state index contributed by atoms with van der Waals surface area (Å²) in [5.74, 6) is 0.406. The number of nitrogens with zero attached hydrogens (tertiary/aromatic N) is 2. The van der Waals surface area contributed by atoms with E-state index in [1.54, 1.807) is 19.2 Å². The number of nitrogens with one attached hydrogen (secondary N) is 1. The van der Waals surface area contributed by atoms with Gasteiger partial charge >= 0.3 is 0 Å². The van der Waals surface area contributed by atoms with Crippen LogP contribution in [0.1, 0.15) is 28.8 Å². The van der Waals surface area contributed by atoms with Crippen LogP contribution < -0.4 is 15.0 Å². The average Bonchev–Trinajstić information content (AvgIpc) is 3.46. The molecule has 1 aromatic heterocycles. The van der Waals surface area contributed by atoms with Gasteiger partial charge in [0.2, 0.25) is 0 Å². The van der Waals surface area contributed by atoms with Crippen LogP contribution in [0, 0.1) is 12.7 Å². The third kappa shape index (κ3) is 3.60. The second-order valence-electron chi connectivity index (χ2n) is 7.00. The predicted octanol–water partition coefficient (Wildman–Crippen LogP) is 2.28. The molecular weight excluding hydrogens is 349 g/mol. The van der Waals surface area contributed by atoms with Gasteiger partial charge in [0.1, 0.15) is 12.4 Å². The number of aromatic nitrogens is 1. The lowest BCUT2D eigenvalue weighted by Gasteiger charge is -2.29. The second-order valence-corrected chi connectivity index (χ2v) is 7.00. The van der Waals surface area contributed by atoms with Crippen molar-refractivity contribution in [2.24, 2.45) is 0 Å². The Morgan fingerprint density at radius 1 is 1.41 bits per heavy atom. The third-order valence-electron chi connectivity index (χ3n) is 4.90. The second kappa shape index (κ2) is 7.15. The normalized spacial score (nSPS) is 15.9. The van der Waals surface area contributed by atoms with Crippen LogP contribution in [-0.2, 0) is 0 Å². The Labute approximate surface area is 157 Å². The van der Waals surface area contributed by atoms with Crippen molar-refractivity contribution >= 4 is 11.7 Å². The molecule has 4 rings (SSSR count). The number of aliphatic hydroxyl groups excluding tert-OH is 1. The van der Waals surface area contributed by atoms with E-state index in [1.165, 1.54) is 6.07 Å². The topological polar surface area (TPSA) is 74.7 Å². The van der Waals surface area contributed by atoms with E-state index in [0.29, 0.717) is 31.3 Å². The van der Waals surface area contributed by atoms with Crippen molar-refractivity contribution in [1.82, 2.24) is 10.3 Å². The zero-order chi connectivity index (χ0) is 19.0. The Kier molecular flexibility index (Phi) is 4.70. The molecule has 0 spiro atoms. The minimum Gasteiger partial charge on any atom is -0.488 e. The number of carbonyl (C=O) groups excluding carboxylic acids is 1. The number of hydrogen-bond acceptors (Lipinski definition) is 5. The van der Waals surface area contributed by atoms with Crippen LogP contribution in [0.15, 0.2) is 24.4 Å². The van der Waals surface area contributed by atoms with Gasteiger partial charge in [-0.2, -0.15) is 0 Å². The van der Waals surface area contributed by atoms with Gasteiger partial charge in [0.15, 0.2) is 11.6 Å². The molecule has 1 fully saturated rings. The molecular formula is C20H22FN3O3. The maximum atomic E-state index is 14.3. The Morgan fingerprint density at radius 2 is 2.22 bits per heavy atom. The highest BCUT2D eigenvalue weighted by Gasteiger charge is 2.26. The largest absolute Gasteiger partial charge is 0.488 e. The van der Waals surface area contributed by atoms with Gasteiger partial charge in [-0.05, 0) is 49.1 Å². The smallest absolute Gasteiger partial charge is 0.254 e. The predicted molar refractivity (Wildman–Crippen MR) is 99.7 cm³/mol. The lowest BCUT2D eigenvalue weighted by atomic mass is 9.98. The molecule has 0 bridgehead atoms. The summed E-state index contributed by atoms with van der Waals surface area (Å²) in [6.07, 6.45) is 3.59. The van der Waals surface area contributed by atoms with Gasteiger partial charge in [-0.25, -0.2) is 9.37 Å². The summed E-state index contributed by atoms with van der Waals surface area (Å²) in [7, 11) is 0.